The number of ether oxygens (including phenoxy) is 1. The summed E-state index contributed by atoms with van der Waals surface area (Å²) in [6.45, 7) is 0. The Labute approximate surface area is 167 Å². The molecule has 2 heterocycles. The molecule has 0 saturated carbocycles. The zero-order valence-corrected chi connectivity index (χ0v) is 15.2. The molecule has 0 radical (unpaired) electrons. The first-order valence-electron chi connectivity index (χ1n) is 8.67. The Morgan fingerprint density at radius 2 is 1.57 bits per heavy atom. The van der Waals surface area contributed by atoms with Crippen molar-refractivity contribution in [2.24, 2.45) is 0 Å². The van der Waals surface area contributed by atoms with Gasteiger partial charge in [0.1, 0.15) is 5.75 Å². The lowest BCUT2D eigenvalue weighted by Crippen LogP contribution is -2.17. The molecule has 0 fully saturated rings. The van der Waals surface area contributed by atoms with Crippen LogP contribution in [-0.4, -0.2) is 25.9 Å². The van der Waals surface area contributed by atoms with Gasteiger partial charge in [0.15, 0.2) is 5.69 Å². The molecule has 0 saturated heterocycles. The first-order valence-corrected chi connectivity index (χ1v) is 8.67. The Kier molecular flexibility index (Phi) is 4.74. The van der Waals surface area contributed by atoms with E-state index in [0.717, 1.165) is 0 Å². The summed E-state index contributed by atoms with van der Waals surface area (Å²) in [7, 11) is 0. The van der Waals surface area contributed by atoms with Crippen molar-refractivity contribution < 1.29 is 17.9 Å². The zero-order valence-electron chi connectivity index (χ0n) is 15.2. The zero-order chi connectivity index (χ0) is 21.3. The molecule has 0 aliphatic rings. The molecule has 0 atom stereocenters. The number of nitrogen functional groups attached to an aromatic ring is 1. The number of hydrogen-bond donors (Lipinski definition) is 1. The average Bonchev–Trinajstić information content (AvgIpc) is 3.18. The molecule has 0 aliphatic carbocycles. The Balaban J connectivity index is 1.71. The monoisotopic (exact) mass is 413 g/mol. The summed E-state index contributed by atoms with van der Waals surface area (Å²) in [4.78, 5) is 12.5. The standard InChI is InChI=1S/C20H14F3N5O2/c21-20(22,23)30-16-7-5-14(6-8-16)27-12-10-18(29)19(26-27)17-9-11-25-28(17)15-3-1-13(24)2-4-15/h1-12H,24H2. The first-order chi connectivity index (χ1) is 14.3. The topological polar surface area (TPSA) is 88.0 Å². The van der Waals surface area contributed by atoms with E-state index in [1.165, 1.54) is 47.4 Å². The smallest absolute Gasteiger partial charge is 0.406 e. The highest BCUT2D eigenvalue weighted by molar-refractivity contribution is 5.58. The number of aromatic nitrogens is 4. The first kappa shape index (κ1) is 19.2. The largest absolute Gasteiger partial charge is 0.573 e. The van der Waals surface area contributed by atoms with E-state index < -0.39 is 6.36 Å². The van der Waals surface area contributed by atoms with Gasteiger partial charge in [-0.15, -0.1) is 13.2 Å². The minimum Gasteiger partial charge on any atom is -0.406 e. The summed E-state index contributed by atoms with van der Waals surface area (Å²) in [5.74, 6) is -0.353. The molecule has 10 heteroatoms. The van der Waals surface area contributed by atoms with Crippen LogP contribution < -0.4 is 15.9 Å². The molecule has 0 aliphatic heterocycles. The molecule has 152 valence electrons. The molecule has 7 nitrogen and oxygen atoms in total. The van der Waals surface area contributed by atoms with E-state index in [2.05, 4.69) is 14.9 Å². The molecule has 0 unspecified atom stereocenters. The van der Waals surface area contributed by atoms with Gasteiger partial charge in [-0.1, -0.05) is 0 Å². The molecule has 0 amide bonds. The molecular weight excluding hydrogens is 399 g/mol. The second kappa shape index (κ2) is 7.39. The maximum atomic E-state index is 12.5. The number of benzene rings is 2. The van der Waals surface area contributed by atoms with Crippen molar-refractivity contribution in [1.29, 1.82) is 0 Å². The second-order valence-electron chi connectivity index (χ2n) is 6.23. The van der Waals surface area contributed by atoms with Crippen molar-refractivity contribution in [3.8, 4) is 28.5 Å². The fourth-order valence-corrected chi connectivity index (χ4v) is 2.83. The molecule has 2 aromatic heterocycles. The van der Waals surface area contributed by atoms with Gasteiger partial charge in [0.25, 0.3) is 0 Å². The van der Waals surface area contributed by atoms with Crippen LogP contribution >= 0.6 is 0 Å². The van der Waals surface area contributed by atoms with Crippen LogP contribution in [0.25, 0.3) is 22.8 Å². The van der Waals surface area contributed by atoms with Crippen LogP contribution in [0.3, 0.4) is 0 Å². The summed E-state index contributed by atoms with van der Waals surface area (Å²) in [5, 5.41) is 8.59. The predicted octanol–water partition coefficient (Wildman–Crippen LogP) is 3.57. The van der Waals surface area contributed by atoms with Crippen LogP contribution in [-0.2, 0) is 0 Å². The SMILES string of the molecule is Nc1ccc(-n2nccc2-c2nn(-c3ccc(OC(F)(F)F)cc3)ccc2=O)cc1. The minimum absolute atomic E-state index is 0.127. The Bertz CT molecular complexity index is 1230. The van der Waals surface area contributed by atoms with Crippen LogP contribution in [0, 0.1) is 0 Å². The quantitative estimate of drug-likeness (QED) is 0.517. The lowest BCUT2D eigenvalue weighted by molar-refractivity contribution is -0.274. The lowest BCUT2D eigenvalue weighted by Gasteiger charge is -2.11. The van der Waals surface area contributed by atoms with Crippen molar-refractivity contribution in [2.75, 3.05) is 5.73 Å². The van der Waals surface area contributed by atoms with Crippen molar-refractivity contribution >= 4 is 5.69 Å². The molecular formula is C20H14F3N5O2. The van der Waals surface area contributed by atoms with E-state index in [-0.39, 0.29) is 16.9 Å². The Morgan fingerprint density at radius 3 is 2.23 bits per heavy atom. The van der Waals surface area contributed by atoms with Crippen LogP contribution in [0.15, 0.2) is 77.9 Å². The minimum atomic E-state index is -4.77. The van der Waals surface area contributed by atoms with E-state index in [1.54, 1.807) is 35.0 Å². The van der Waals surface area contributed by atoms with Gasteiger partial charge < -0.3 is 10.5 Å². The van der Waals surface area contributed by atoms with E-state index in [4.69, 9.17) is 5.73 Å². The Hall–Kier alpha value is -4.08. The van der Waals surface area contributed by atoms with Gasteiger partial charge in [-0.3, -0.25) is 4.79 Å². The summed E-state index contributed by atoms with van der Waals surface area (Å²) in [6, 6.07) is 15.0. The van der Waals surface area contributed by atoms with Crippen LogP contribution in [0.5, 0.6) is 5.75 Å². The van der Waals surface area contributed by atoms with Crippen LogP contribution in [0.2, 0.25) is 0 Å². The van der Waals surface area contributed by atoms with Crippen LogP contribution in [0.4, 0.5) is 18.9 Å². The molecule has 4 rings (SSSR count). The summed E-state index contributed by atoms with van der Waals surface area (Å²) in [6.07, 6.45) is -1.81. The van der Waals surface area contributed by atoms with Crippen molar-refractivity contribution in [3.63, 3.8) is 0 Å². The van der Waals surface area contributed by atoms with Crippen molar-refractivity contribution in [3.05, 3.63) is 83.3 Å². The van der Waals surface area contributed by atoms with Crippen molar-refractivity contribution in [2.45, 2.75) is 6.36 Å². The fraction of sp³-hybridized carbons (Fsp3) is 0.0500. The van der Waals surface area contributed by atoms with E-state index in [1.807, 2.05) is 0 Å². The highest BCUT2D eigenvalue weighted by Gasteiger charge is 2.31. The number of alkyl halides is 3. The van der Waals surface area contributed by atoms with E-state index >= 15 is 0 Å². The molecule has 2 N–H and O–H groups in total. The second-order valence-corrected chi connectivity index (χ2v) is 6.23. The summed E-state index contributed by atoms with van der Waals surface area (Å²) in [5.41, 5.74) is 7.69. The molecule has 30 heavy (non-hydrogen) atoms. The lowest BCUT2D eigenvalue weighted by atomic mass is 10.2. The molecule has 4 aromatic rings. The van der Waals surface area contributed by atoms with Gasteiger partial charge in [0, 0.05) is 18.0 Å². The van der Waals surface area contributed by atoms with Gasteiger partial charge in [-0.05, 0) is 54.6 Å². The average molecular weight is 413 g/mol. The third-order valence-electron chi connectivity index (χ3n) is 4.17. The highest BCUT2D eigenvalue weighted by Crippen LogP contribution is 2.24. The van der Waals surface area contributed by atoms with Gasteiger partial charge in [0.2, 0.25) is 5.43 Å². The number of halogens is 3. The maximum absolute atomic E-state index is 12.5. The van der Waals surface area contributed by atoms with Crippen molar-refractivity contribution in [1.82, 2.24) is 19.6 Å². The predicted molar refractivity (Wildman–Crippen MR) is 103 cm³/mol. The summed E-state index contributed by atoms with van der Waals surface area (Å²) < 4.78 is 43.8. The van der Waals surface area contributed by atoms with Gasteiger partial charge >= 0.3 is 6.36 Å². The normalized spacial score (nSPS) is 11.4. The third-order valence-corrected chi connectivity index (χ3v) is 4.17. The fourth-order valence-electron chi connectivity index (χ4n) is 2.83. The Morgan fingerprint density at radius 1 is 0.900 bits per heavy atom. The highest BCUT2D eigenvalue weighted by atomic mass is 19.4. The van der Waals surface area contributed by atoms with E-state index in [9.17, 15) is 18.0 Å². The van der Waals surface area contributed by atoms with Gasteiger partial charge in [0.05, 0.1) is 23.3 Å². The summed E-state index contributed by atoms with van der Waals surface area (Å²) >= 11 is 0. The number of anilines is 1. The number of rotatable bonds is 4. The maximum Gasteiger partial charge on any atom is 0.573 e. The number of hydrogen-bond acceptors (Lipinski definition) is 5. The molecule has 0 spiro atoms. The molecule has 0 bridgehead atoms. The van der Waals surface area contributed by atoms with Gasteiger partial charge in [-0.2, -0.15) is 10.2 Å². The molecule has 2 aromatic carbocycles. The number of nitrogens with zero attached hydrogens (tertiary/aromatic N) is 4. The third kappa shape index (κ3) is 4.02. The van der Waals surface area contributed by atoms with E-state index in [0.29, 0.717) is 22.8 Å². The van der Waals surface area contributed by atoms with Crippen LogP contribution in [0.1, 0.15) is 0 Å². The number of nitrogens with two attached hydrogens (primary N) is 1. The van der Waals surface area contributed by atoms with Gasteiger partial charge in [-0.25, -0.2) is 9.36 Å².